The van der Waals surface area contributed by atoms with E-state index in [9.17, 15) is 9.59 Å². The van der Waals surface area contributed by atoms with Crippen LogP contribution in [0, 0.1) is 6.92 Å². The van der Waals surface area contributed by atoms with Gasteiger partial charge in [-0.15, -0.1) is 0 Å². The SMILES string of the molecule is Cc1cccc(N2C(=O)C(Sc3ccccc3)=C(c3ccc(OC(C)C)cc3)C2=O)c1. The molecule has 3 aromatic carbocycles. The molecular formula is C26H23NO3S. The van der Waals surface area contributed by atoms with Crippen molar-refractivity contribution in [1.82, 2.24) is 0 Å². The first-order valence-corrected chi connectivity index (χ1v) is 11.0. The van der Waals surface area contributed by atoms with E-state index in [1.54, 1.807) is 6.07 Å². The molecule has 5 heteroatoms. The Balaban J connectivity index is 1.78. The van der Waals surface area contributed by atoms with Crippen LogP contribution in [0.4, 0.5) is 5.69 Å². The molecule has 0 aromatic heterocycles. The van der Waals surface area contributed by atoms with E-state index >= 15 is 0 Å². The van der Waals surface area contributed by atoms with E-state index in [-0.39, 0.29) is 17.9 Å². The monoisotopic (exact) mass is 429 g/mol. The predicted octanol–water partition coefficient (Wildman–Crippen LogP) is 5.86. The zero-order chi connectivity index (χ0) is 22.0. The summed E-state index contributed by atoms with van der Waals surface area (Å²) in [6, 6.07) is 24.4. The van der Waals surface area contributed by atoms with Gasteiger partial charge in [0.15, 0.2) is 0 Å². The maximum atomic E-state index is 13.5. The van der Waals surface area contributed by atoms with Crippen molar-refractivity contribution in [3.63, 3.8) is 0 Å². The zero-order valence-electron chi connectivity index (χ0n) is 17.7. The lowest BCUT2D eigenvalue weighted by Crippen LogP contribution is -2.31. The normalized spacial score (nSPS) is 14.0. The molecule has 0 fully saturated rings. The number of imide groups is 1. The van der Waals surface area contributed by atoms with Crippen LogP contribution in [0.2, 0.25) is 0 Å². The van der Waals surface area contributed by atoms with Gasteiger partial charge < -0.3 is 4.74 Å². The van der Waals surface area contributed by atoms with Crippen LogP contribution in [0.5, 0.6) is 5.75 Å². The van der Waals surface area contributed by atoms with Gasteiger partial charge in [-0.2, -0.15) is 0 Å². The first-order chi connectivity index (χ1) is 14.9. The van der Waals surface area contributed by atoms with Gasteiger partial charge in [0.2, 0.25) is 0 Å². The lowest BCUT2D eigenvalue weighted by Gasteiger charge is -2.16. The summed E-state index contributed by atoms with van der Waals surface area (Å²) in [5.74, 6) is 0.109. The van der Waals surface area contributed by atoms with Crippen LogP contribution in [0.25, 0.3) is 5.57 Å². The number of amides is 2. The molecule has 0 unspecified atom stereocenters. The number of thioether (sulfide) groups is 1. The second-order valence-corrected chi connectivity index (χ2v) is 8.68. The highest BCUT2D eigenvalue weighted by molar-refractivity contribution is 8.04. The van der Waals surface area contributed by atoms with Crippen LogP contribution in [0.15, 0.2) is 88.7 Å². The van der Waals surface area contributed by atoms with Crippen molar-refractivity contribution in [1.29, 1.82) is 0 Å². The molecule has 0 bridgehead atoms. The lowest BCUT2D eigenvalue weighted by atomic mass is 10.1. The summed E-state index contributed by atoms with van der Waals surface area (Å²) in [5, 5.41) is 0. The number of benzene rings is 3. The van der Waals surface area contributed by atoms with Crippen LogP contribution in [0.3, 0.4) is 0 Å². The number of rotatable bonds is 6. The summed E-state index contributed by atoms with van der Waals surface area (Å²) in [6.45, 7) is 5.86. The molecule has 0 atom stereocenters. The molecule has 1 aliphatic heterocycles. The fraction of sp³-hybridized carbons (Fsp3) is 0.154. The van der Waals surface area contributed by atoms with Crippen molar-refractivity contribution in [2.75, 3.05) is 4.90 Å². The molecule has 0 spiro atoms. The van der Waals surface area contributed by atoms with Gasteiger partial charge in [0.05, 0.1) is 22.3 Å². The quantitative estimate of drug-likeness (QED) is 0.461. The molecule has 2 amide bonds. The van der Waals surface area contributed by atoms with E-state index in [0.29, 0.717) is 21.7 Å². The minimum Gasteiger partial charge on any atom is -0.491 e. The molecule has 3 aromatic rings. The number of carbonyl (C=O) groups is 2. The van der Waals surface area contributed by atoms with Crippen molar-refractivity contribution >= 4 is 34.8 Å². The minimum absolute atomic E-state index is 0.0563. The fourth-order valence-corrected chi connectivity index (χ4v) is 4.45. The Morgan fingerprint density at radius 2 is 1.55 bits per heavy atom. The summed E-state index contributed by atoms with van der Waals surface area (Å²) >= 11 is 1.32. The molecule has 0 saturated heterocycles. The molecule has 4 rings (SSSR count). The molecule has 0 N–H and O–H groups in total. The molecular weight excluding hydrogens is 406 g/mol. The van der Waals surface area contributed by atoms with E-state index in [2.05, 4.69) is 0 Å². The molecule has 1 heterocycles. The Morgan fingerprint density at radius 1 is 0.839 bits per heavy atom. The van der Waals surface area contributed by atoms with Crippen molar-refractivity contribution in [3.05, 3.63) is 94.9 Å². The molecule has 1 aliphatic rings. The summed E-state index contributed by atoms with van der Waals surface area (Å²) < 4.78 is 5.72. The summed E-state index contributed by atoms with van der Waals surface area (Å²) in [4.78, 5) is 29.5. The maximum Gasteiger partial charge on any atom is 0.272 e. The topological polar surface area (TPSA) is 46.6 Å². The van der Waals surface area contributed by atoms with E-state index in [1.807, 2.05) is 93.6 Å². The van der Waals surface area contributed by atoms with E-state index < -0.39 is 0 Å². The Kier molecular flexibility index (Phi) is 5.96. The smallest absolute Gasteiger partial charge is 0.272 e. The molecule has 31 heavy (non-hydrogen) atoms. The lowest BCUT2D eigenvalue weighted by molar-refractivity contribution is -0.119. The average molecular weight is 430 g/mol. The summed E-state index contributed by atoms with van der Waals surface area (Å²) in [7, 11) is 0. The van der Waals surface area contributed by atoms with E-state index in [1.165, 1.54) is 16.7 Å². The van der Waals surface area contributed by atoms with Crippen molar-refractivity contribution in [2.24, 2.45) is 0 Å². The van der Waals surface area contributed by atoms with Crippen LogP contribution >= 0.6 is 11.8 Å². The van der Waals surface area contributed by atoms with Gasteiger partial charge in [0.25, 0.3) is 11.8 Å². The number of carbonyl (C=O) groups excluding carboxylic acids is 2. The molecule has 0 saturated carbocycles. The average Bonchev–Trinajstić information content (AvgIpc) is 2.98. The van der Waals surface area contributed by atoms with Crippen LogP contribution in [-0.2, 0) is 9.59 Å². The van der Waals surface area contributed by atoms with Gasteiger partial charge >= 0.3 is 0 Å². The van der Waals surface area contributed by atoms with Gasteiger partial charge in [-0.05, 0) is 68.3 Å². The van der Waals surface area contributed by atoms with Gasteiger partial charge in [0, 0.05) is 4.90 Å². The highest BCUT2D eigenvalue weighted by Gasteiger charge is 2.40. The number of ether oxygens (including phenoxy) is 1. The fourth-order valence-electron chi connectivity index (χ4n) is 3.44. The second kappa shape index (κ2) is 8.82. The van der Waals surface area contributed by atoms with Gasteiger partial charge in [-0.25, -0.2) is 4.90 Å². The number of hydrogen-bond acceptors (Lipinski definition) is 4. The van der Waals surface area contributed by atoms with Gasteiger partial charge in [-0.1, -0.05) is 54.2 Å². The summed E-state index contributed by atoms with van der Waals surface area (Å²) in [6.07, 6.45) is 0.0563. The standard InChI is InChI=1S/C26H23NO3S/c1-17(2)30-21-14-12-19(13-15-21)23-24(31-22-10-5-4-6-11-22)26(29)27(25(23)28)20-9-7-8-18(3)16-20/h4-17H,1-3H3. The third-order valence-corrected chi connectivity index (χ3v) is 5.87. The number of hydrogen-bond donors (Lipinski definition) is 0. The van der Waals surface area contributed by atoms with E-state index in [4.69, 9.17) is 4.74 Å². The Hall–Kier alpha value is -3.31. The Labute approximate surface area is 186 Å². The molecule has 4 nitrogen and oxygen atoms in total. The Morgan fingerprint density at radius 3 is 2.19 bits per heavy atom. The highest BCUT2D eigenvalue weighted by Crippen LogP contribution is 2.41. The summed E-state index contributed by atoms with van der Waals surface area (Å²) in [5.41, 5.74) is 2.68. The van der Waals surface area contributed by atoms with Crippen LogP contribution in [-0.4, -0.2) is 17.9 Å². The molecule has 156 valence electrons. The highest BCUT2D eigenvalue weighted by atomic mass is 32.2. The molecule has 0 radical (unpaired) electrons. The van der Waals surface area contributed by atoms with Crippen LogP contribution < -0.4 is 9.64 Å². The van der Waals surface area contributed by atoms with Gasteiger partial charge in [-0.3, -0.25) is 9.59 Å². The third kappa shape index (κ3) is 4.42. The first-order valence-electron chi connectivity index (χ1n) is 10.1. The second-order valence-electron chi connectivity index (χ2n) is 7.59. The van der Waals surface area contributed by atoms with E-state index in [0.717, 1.165) is 16.2 Å². The first kappa shape index (κ1) is 20.9. The zero-order valence-corrected chi connectivity index (χ0v) is 18.5. The number of aryl methyl sites for hydroxylation is 1. The number of nitrogens with zero attached hydrogens (tertiary/aromatic N) is 1. The van der Waals surface area contributed by atoms with Crippen molar-refractivity contribution < 1.29 is 14.3 Å². The Bertz CT molecular complexity index is 1150. The van der Waals surface area contributed by atoms with Crippen LogP contribution in [0.1, 0.15) is 25.0 Å². The largest absolute Gasteiger partial charge is 0.491 e. The van der Waals surface area contributed by atoms with Crippen molar-refractivity contribution in [2.45, 2.75) is 31.8 Å². The third-order valence-electron chi connectivity index (χ3n) is 4.78. The minimum atomic E-state index is -0.313. The van der Waals surface area contributed by atoms with Gasteiger partial charge in [0.1, 0.15) is 5.75 Å². The molecule has 0 aliphatic carbocycles. The number of anilines is 1. The predicted molar refractivity (Wildman–Crippen MR) is 125 cm³/mol. The maximum absolute atomic E-state index is 13.5. The van der Waals surface area contributed by atoms with Crippen molar-refractivity contribution in [3.8, 4) is 5.75 Å².